The Morgan fingerprint density at radius 3 is 2.29 bits per heavy atom. The van der Waals surface area contributed by atoms with E-state index in [9.17, 15) is 0 Å². The van der Waals surface area contributed by atoms with Crippen LogP contribution in [0.1, 0.15) is 46.0 Å². The minimum atomic E-state index is 0.462. The van der Waals surface area contributed by atoms with Crippen molar-refractivity contribution < 1.29 is 4.74 Å². The Hall–Kier alpha value is -0.120. The molecule has 0 fully saturated rings. The maximum atomic E-state index is 5.48. The standard InChI is InChI=1S/C11H26N2O/c1-10(2)6-4-7-11(13-12)8-5-9-14-3/h10-11,13H,4-9,12H2,1-3H3. The fraction of sp³-hybridized carbons (Fsp3) is 1.00. The predicted molar refractivity (Wildman–Crippen MR) is 60.9 cm³/mol. The molecule has 0 saturated heterocycles. The summed E-state index contributed by atoms with van der Waals surface area (Å²) < 4.78 is 5.01. The Kier molecular flexibility index (Phi) is 9.35. The minimum Gasteiger partial charge on any atom is -0.385 e. The molecular formula is C11H26N2O. The summed E-state index contributed by atoms with van der Waals surface area (Å²) in [5.74, 6) is 6.28. The normalized spacial score (nSPS) is 13.5. The Morgan fingerprint density at radius 2 is 1.79 bits per heavy atom. The van der Waals surface area contributed by atoms with Gasteiger partial charge in [-0.2, -0.15) is 0 Å². The van der Waals surface area contributed by atoms with Gasteiger partial charge in [0.25, 0.3) is 0 Å². The fourth-order valence-corrected chi connectivity index (χ4v) is 1.56. The second kappa shape index (κ2) is 9.44. The van der Waals surface area contributed by atoms with E-state index in [1.165, 1.54) is 19.3 Å². The maximum absolute atomic E-state index is 5.48. The van der Waals surface area contributed by atoms with Crippen molar-refractivity contribution in [3.63, 3.8) is 0 Å². The SMILES string of the molecule is COCCCC(CCCC(C)C)NN. The predicted octanol–water partition coefficient (Wildman–Crippen LogP) is 2.07. The van der Waals surface area contributed by atoms with E-state index < -0.39 is 0 Å². The highest BCUT2D eigenvalue weighted by Crippen LogP contribution is 2.10. The highest BCUT2D eigenvalue weighted by molar-refractivity contribution is 4.64. The molecule has 86 valence electrons. The van der Waals surface area contributed by atoms with Crippen LogP contribution in [0.4, 0.5) is 0 Å². The summed E-state index contributed by atoms with van der Waals surface area (Å²) >= 11 is 0. The second-order valence-corrected chi connectivity index (χ2v) is 4.32. The lowest BCUT2D eigenvalue weighted by atomic mass is 10.0. The van der Waals surface area contributed by atoms with Gasteiger partial charge in [0.2, 0.25) is 0 Å². The smallest absolute Gasteiger partial charge is 0.0462 e. The Morgan fingerprint density at radius 1 is 1.14 bits per heavy atom. The van der Waals surface area contributed by atoms with Gasteiger partial charge in [-0.05, 0) is 25.2 Å². The van der Waals surface area contributed by atoms with Crippen molar-refractivity contribution in [2.24, 2.45) is 11.8 Å². The lowest BCUT2D eigenvalue weighted by molar-refractivity contribution is 0.187. The van der Waals surface area contributed by atoms with Crippen LogP contribution in [0, 0.1) is 5.92 Å². The lowest BCUT2D eigenvalue weighted by Crippen LogP contribution is -2.35. The van der Waals surface area contributed by atoms with Crippen molar-refractivity contribution in [3.05, 3.63) is 0 Å². The summed E-state index contributed by atoms with van der Waals surface area (Å²) in [6.45, 7) is 5.36. The van der Waals surface area contributed by atoms with Gasteiger partial charge in [-0.15, -0.1) is 0 Å². The molecule has 0 rings (SSSR count). The van der Waals surface area contributed by atoms with Crippen LogP contribution in [0.3, 0.4) is 0 Å². The molecular weight excluding hydrogens is 176 g/mol. The largest absolute Gasteiger partial charge is 0.385 e. The molecule has 1 unspecified atom stereocenters. The van der Waals surface area contributed by atoms with Crippen LogP contribution in [0.5, 0.6) is 0 Å². The number of hydrogen-bond acceptors (Lipinski definition) is 3. The number of methoxy groups -OCH3 is 1. The maximum Gasteiger partial charge on any atom is 0.0462 e. The number of hydrazine groups is 1. The van der Waals surface area contributed by atoms with Crippen LogP contribution in [0.25, 0.3) is 0 Å². The first-order valence-electron chi connectivity index (χ1n) is 5.65. The molecule has 3 nitrogen and oxygen atoms in total. The van der Waals surface area contributed by atoms with E-state index in [2.05, 4.69) is 19.3 Å². The molecule has 0 aromatic heterocycles. The van der Waals surface area contributed by atoms with Crippen molar-refractivity contribution in [2.45, 2.75) is 52.0 Å². The van der Waals surface area contributed by atoms with Crippen molar-refractivity contribution >= 4 is 0 Å². The summed E-state index contributed by atoms with van der Waals surface area (Å²) in [5.41, 5.74) is 2.88. The minimum absolute atomic E-state index is 0.462. The average molecular weight is 202 g/mol. The quantitative estimate of drug-likeness (QED) is 0.342. The molecule has 0 aliphatic heterocycles. The third-order valence-electron chi connectivity index (χ3n) is 2.47. The van der Waals surface area contributed by atoms with Gasteiger partial charge in [-0.1, -0.05) is 26.7 Å². The van der Waals surface area contributed by atoms with Crippen molar-refractivity contribution in [3.8, 4) is 0 Å². The number of hydrogen-bond donors (Lipinski definition) is 2. The number of nitrogens with two attached hydrogens (primary N) is 1. The average Bonchev–Trinajstić information content (AvgIpc) is 2.15. The molecule has 14 heavy (non-hydrogen) atoms. The molecule has 0 heterocycles. The molecule has 0 radical (unpaired) electrons. The van der Waals surface area contributed by atoms with E-state index in [1.807, 2.05) is 0 Å². The molecule has 0 amide bonds. The summed E-state index contributed by atoms with van der Waals surface area (Å²) in [5, 5.41) is 0. The third kappa shape index (κ3) is 8.48. The number of ether oxygens (including phenoxy) is 1. The van der Waals surface area contributed by atoms with Gasteiger partial charge in [-0.3, -0.25) is 11.3 Å². The van der Waals surface area contributed by atoms with Gasteiger partial charge in [0.1, 0.15) is 0 Å². The Bertz CT molecular complexity index is 118. The summed E-state index contributed by atoms with van der Waals surface area (Å²) in [4.78, 5) is 0. The Balaban J connectivity index is 3.38. The molecule has 0 bridgehead atoms. The van der Waals surface area contributed by atoms with Crippen LogP contribution in [-0.4, -0.2) is 19.8 Å². The second-order valence-electron chi connectivity index (χ2n) is 4.32. The molecule has 0 saturated carbocycles. The van der Waals surface area contributed by atoms with Crippen molar-refractivity contribution in [1.82, 2.24) is 5.43 Å². The fourth-order valence-electron chi connectivity index (χ4n) is 1.56. The Labute approximate surface area is 88.4 Å². The molecule has 3 N–H and O–H groups in total. The number of rotatable bonds is 9. The van der Waals surface area contributed by atoms with Gasteiger partial charge >= 0.3 is 0 Å². The molecule has 0 aromatic rings. The lowest BCUT2D eigenvalue weighted by Gasteiger charge is -2.15. The van der Waals surface area contributed by atoms with E-state index in [4.69, 9.17) is 10.6 Å². The highest BCUT2D eigenvalue weighted by Gasteiger charge is 2.06. The molecule has 0 aliphatic rings. The monoisotopic (exact) mass is 202 g/mol. The van der Waals surface area contributed by atoms with Crippen LogP contribution in [0.15, 0.2) is 0 Å². The molecule has 0 spiro atoms. The number of nitrogens with one attached hydrogen (secondary N) is 1. The molecule has 1 atom stereocenters. The summed E-state index contributed by atoms with van der Waals surface area (Å²) in [6, 6.07) is 0.462. The van der Waals surface area contributed by atoms with Gasteiger partial charge in [-0.25, -0.2) is 0 Å². The summed E-state index contributed by atoms with van der Waals surface area (Å²) in [7, 11) is 1.74. The van der Waals surface area contributed by atoms with E-state index in [-0.39, 0.29) is 0 Å². The van der Waals surface area contributed by atoms with Gasteiger partial charge in [0.15, 0.2) is 0 Å². The van der Waals surface area contributed by atoms with Crippen LogP contribution >= 0.6 is 0 Å². The zero-order valence-electron chi connectivity index (χ0n) is 9.88. The van der Waals surface area contributed by atoms with Crippen LogP contribution < -0.4 is 11.3 Å². The van der Waals surface area contributed by atoms with Gasteiger partial charge in [0, 0.05) is 19.8 Å². The third-order valence-corrected chi connectivity index (χ3v) is 2.47. The summed E-state index contributed by atoms with van der Waals surface area (Å²) in [6.07, 6.45) is 5.94. The van der Waals surface area contributed by atoms with E-state index in [1.54, 1.807) is 7.11 Å². The van der Waals surface area contributed by atoms with E-state index >= 15 is 0 Å². The van der Waals surface area contributed by atoms with Crippen molar-refractivity contribution in [1.29, 1.82) is 0 Å². The van der Waals surface area contributed by atoms with Gasteiger partial charge < -0.3 is 4.74 Å². The van der Waals surface area contributed by atoms with Crippen molar-refractivity contribution in [2.75, 3.05) is 13.7 Å². The van der Waals surface area contributed by atoms with Gasteiger partial charge in [0.05, 0.1) is 0 Å². The van der Waals surface area contributed by atoms with Crippen LogP contribution in [0.2, 0.25) is 0 Å². The zero-order valence-corrected chi connectivity index (χ0v) is 9.88. The zero-order chi connectivity index (χ0) is 10.8. The first-order chi connectivity index (χ1) is 6.70. The van der Waals surface area contributed by atoms with Crippen LogP contribution in [-0.2, 0) is 4.74 Å². The molecule has 0 aliphatic carbocycles. The first kappa shape index (κ1) is 13.9. The first-order valence-corrected chi connectivity index (χ1v) is 5.65. The molecule has 0 aromatic carbocycles. The molecule has 3 heteroatoms. The van der Waals surface area contributed by atoms with E-state index in [0.29, 0.717) is 6.04 Å². The van der Waals surface area contributed by atoms with E-state index in [0.717, 1.165) is 25.4 Å². The highest BCUT2D eigenvalue weighted by atomic mass is 16.5. The topological polar surface area (TPSA) is 47.3 Å².